The number of aromatic nitrogens is 2. The molecule has 1 aliphatic rings. The van der Waals surface area contributed by atoms with Crippen molar-refractivity contribution in [1.82, 2.24) is 14.9 Å². The van der Waals surface area contributed by atoms with Crippen molar-refractivity contribution in [2.24, 2.45) is 0 Å². The van der Waals surface area contributed by atoms with Gasteiger partial charge in [-0.05, 0) is 42.9 Å². The van der Waals surface area contributed by atoms with E-state index in [0.29, 0.717) is 18.2 Å². The molecular formula is C27H27N3O3S2. The van der Waals surface area contributed by atoms with Crippen molar-refractivity contribution in [2.45, 2.75) is 43.9 Å². The van der Waals surface area contributed by atoms with Gasteiger partial charge in [0.15, 0.2) is 5.16 Å². The van der Waals surface area contributed by atoms with Gasteiger partial charge in [0.2, 0.25) is 5.91 Å². The number of nitrogens with zero attached hydrogens (tertiary/aromatic N) is 2. The molecule has 0 atom stereocenters. The second-order valence-corrected chi connectivity index (χ2v) is 10.6. The molecule has 5 rings (SSSR count). The normalized spacial score (nSPS) is 12.9. The van der Waals surface area contributed by atoms with E-state index in [1.54, 1.807) is 23.0 Å². The number of benzene rings is 2. The van der Waals surface area contributed by atoms with Crippen molar-refractivity contribution in [3.8, 4) is 5.75 Å². The van der Waals surface area contributed by atoms with E-state index in [4.69, 9.17) is 9.72 Å². The molecule has 0 radical (unpaired) electrons. The van der Waals surface area contributed by atoms with Crippen LogP contribution in [0.25, 0.3) is 10.2 Å². The van der Waals surface area contributed by atoms with Crippen molar-refractivity contribution in [3.05, 3.63) is 86.5 Å². The molecule has 0 saturated carbocycles. The summed E-state index contributed by atoms with van der Waals surface area (Å²) < 4.78 is 7.10. The van der Waals surface area contributed by atoms with E-state index in [9.17, 15) is 9.59 Å². The second kappa shape index (κ2) is 10.7. The largest absolute Gasteiger partial charge is 0.496 e. The van der Waals surface area contributed by atoms with Gasteiger partial charge in [-0.1, -0.05) is 60.3 Å². The molecule has 0 fully saturated rings. The summed E-state index contributed by atoms with van der Waals surface area (Å²) in [7, 11) is 1.62. The molecule has 35 heavy (non-hydrogen) atoms. The Kier molecular flexibility index (Phi) is 7.20. The number of carbonyl (C=O) groups is 1. The van der Waals surface area contributed by atoms with Gasteiger partial charge in [0, 0.05) is 17.0 Å². The average Bonchev–Trinajstić information content (AvgIpc) is 3.27. The fraction of sp³-hybridized carbons (Fsp3) is 0.296. The Morgan fingerprint density at radius 3 is 2.71 bits per heavy atom. The first-order valence-electron chi connectivity index (χ1n) is 11.7. The van der Waals surface area contributed by atoms with Crippen molar-refractivity contribution in [3.63, 3.8) is 0 Å². The molecule has 2 heterocycles. The number of rotatable bonds is 8. The summed E-state index contributed by atoms with van der Waals surface area (Å²) in [6, 6.07) is 17.5. The summed E-state index contributed by atoms with van der Waals surface area (Å²) in [6.07, 6.45) is 4.23. The van der Waals surface area contributed by atoms with Crippen LogP contribution in [0.3, 0.4) is 0 Å². The Morgan fingerprint density at radius 2 is 1.89 bits per heavy atom. The second-order valence-electron chi connectivity index (χ2n) is 8.54. The maximum Gasteiger partial charge on any atom is 0.263 e. The molecule has 0 unspecified atom stereocenters. The number of hydrogen-bond donors (Lipinski definition) is 1. The lowest BCUT2D eigenvalue weighted by atomic mass is 9.97. The SMILES string of the molecule is COc1ccccc1CNC(=O)CSc1nc2sc3c(c2c(=O)n1Cc1ccccc1)CCCC3. The number of fused-ring (bicyclic) bond motifs is 3. The van der Waals surface area contributed by atoms with Crippen LogP contribution >= 0.6 is 23.1 Å². The summed E-state index contributed by atoms with van der Waals surface area (Å²) in [5.74, 6) is 0.797. The number of methoxy groups -OCH3 is 1. The molecule has 1 amide bonds. The number of thiophene rings is 1. The van der Waals surface area contributed by atoms with Gasteiger partial charge in [-0.3, -0.25) is 14.2 Å². The zero-order valence-corrected chi connectivity index (χ0v) is 21.2. The van der Waals surface area contributed by atoms with Crippen molar-refractivity contribution < 1.29 is 9.53 Å². The summed E-state index contributed by atoms with van der Waals surface area (Å²) in [5, 5.41) is 4.30. The number of amides is 1. The lowest BCUT2D eigenvalue weighted by Crippen LogP contribution is -2.27. The maximum atomic E-state index is 13.7. The van der Waals surface area contributed by atoms with Crippen LogP contribution in [0.5, 0.6) is 5.75 Å². The first-order chi connectivity index (χ1) is 17.1. The molecule has 0 saturated heterocycles. The van der Waals surface area contributed by atoms with Gasteiger partial charge in [-0.15, -0.1) is 11.3 Å². The third-order valence-corrected chi connectivity index (χ3v) is 8.39. The Bertz CT molecular complexity index is 1410. The summed E-state index contributed by atoms with van der Waals surface area (Å²) in [5.41, 5.74) is 3.12. The number of thioether (sulfide) groups is 1. The molecule has 6 nitrogen and oxygen atoms in total. The van der Waals surface area contributed by atoms with E-state index in [2.05, 4.69) is 5.32 Å². The quantitative estimate of drug-likeness (QED) is 0.275. The van der Waals surface area contributed by atoms with Gasteiger partial charge in [-0.25, -0.2) is 4.98 Å². The highest BCUT2D eigenvalue weighted by Crippen LogP contribution is 2.34. The average molecular weight is 506 g/mol. The van der Waals surface area contributed by atoms with Gasteiger partial charge in [0.25, 0.3) is 5.56 Å². The molecular weight excluding hydrogens is 478 g/mol. The highest BCUT2D eigenvalue weighted by Gasteiger charge is 2.22. The smallest absolute Gasteiger partial charge is 0.263 e. The minimum Gasteiger partial charge on any atom is -0.496 e. The molecule has 2 aromatic carbocycles. The third-order valence-electron chi connectivity index (χ3n) is 6.22. The van der Waals surface area contributed by atoms with Crippen molar-refractivity contribution in [2.75, 3.05) is 12.9 Å². The zero-order valence-electron chi connectivity index (χ0n) is 19.6. The number of hydrogen-bond acceptors (Lipinski definition) is 6. The fourth-order valence-electron chi connectivity index (χ4n) is 4.46. The minimum absolute atomic E-state index is 0.00446. The molecule has 4 aromatic rings. The molecule has 0 bridgehead atoms. The fourth-order valence-corrected chi connectivity index (χ4v) is 6.59. The number of aryl methyl sites for hydroxylation is 2. The standard InChI is InChI=1S/C27H27N3O3S2/c1-33-21-13-7-5-11-19(21)15-28-23(31)17-34-27-29-25-24(20-12-6-8-14-22(20)35-25)26(32)30(27)16-18-9-3-2-4-10-18/h2-5,7,9-11,13H,6,8,12,14-17H2,1H3,(H,28,31). The number of para-hydroxylation sites is 1. The van der Waals surface area contributed by atoms with E-state index in [1.807, 2.05) is 54.6 Å². The van der Waals surface area contributed by atoms with Gasteiger partial charge in [0.1, 0.15) is 10.6 Å². The lowest BCUT2D eigenvalue weighted by molar-refractivity contribution is -0.118. The van der Waals surface area contributed by atoms with Crippen molar-refractivity contribution >= 4 is 39.2 Å². The predicted molar refractivity (Wildman–Crippen MR) is 142 cm³/mol. The van der Waals surface area contributed by atoms with E-state index in [-0.39, 0.29) is 17.2 Å². The molecule has 1 aliphatic carbocycles. The lowest BCUT2D eigenvalue weighted by Gasteiger charge is -2.14. The van der Waals surface area contributed by atoms with E-state index in [1.165, 1.54) is 22.2 Å². The summed E-state index contributed by atoms with van der Waals surface area (Å²) in [4.78, 5) is 33.4. The molecule has 0 aliphatic heterocycles. The number of carbonyl (C=O) groups excluding carboxylic acids is 1. The molecule has 0 spiro atoms. The van der Waals surface area contributed by atoms with Crippen LogP contribution in [0.4, 0.5) is 0 Å². The van der Waals surface area contributed by atoms with Crippen LogP contribution in [0.1, 0.15) is 34.4 Å². The van der Waals surface area contributed by atoms with Gasteiger partial charge in [0.05, 0.1) is 24.8 Å². The monoisotopic (exact) mass is 505 g/mol. The predicted octanol–water partition coefficient (Wildman–Crippen LogP) is 4.80. The Hall–Kier alpha value is -3.10. The summed E-state index contributed by atoms with van der Waals surface area (Å²) in [6.45, 7) is 0.808. The Balaban J connectivity index is 1.40. The van der Waals surface area contributed by atoms with Gasteiger partial charge >= 0.3 is 0 Å². The van der Waals surface area contributed by atoms with Crippen LogP contribution in [-0.4, -0.2) is 28.3 Å². The van der Waals surface area contributed by atoms with Crippen LogP contribution in [-0.2, 0) is 30.7 Å². The van der Waals surface area contributed by atoms with Crippen LogP contribution < -0.4 is 15.6 Å². The van der Waals surface area contributed by atoms with Gasteiger partial charge < -0.3 is 10.1 Å². The third kappa shape index (κ3) is 5.13. The van der Waals surface area contributed by atoms with Crippen LogP contribution in [0.15, 0.2) is 64.5 Å². The van der Waals surface area contributed by atoms with E-state index >= 15 is 0 Å². The molecule has 8 heteroatoms. The van der Waals surface area contributed by atoms with Gasteiger partial charge in [-0.2, -0.15) is 0 Å². The highest BCUT2D eigenvalue weighted by atomic mass is 32.2. The van der Waals surface area contributed by atoms with Crippen LogP contribution in [0, 0.1) is 0 Å². The topological polar surface area (TPSA) is 73.2 Å². The zero-order chi connectivity index (χ0) is 24.2. The molecule has 1 N–H and O–H groups in total. The number of nitrogens with one attached hydrogen (secondary N) is 1. The van der Waals surface area contributed by atoms with E-state index < -0.39 is 0 Å². The Labute approximate surface area is 212 Å². The first kappa shape index (κ1) is 23.6. The summed E-state index contributed by atoms with van der Waals surface area (Å²) >= 11 is 2.95. The number of ether oxygens (including phenoxy) is 1. The highest BCUT2D eigenvalue weighted by molar-refractivity contribution is 7.99. The van der Waals surface area contributed by atoms with Crippen molar-refractivity contribution in [1.29, 1.82) is 0 Å². The molecule has 180 valence electrons. The minimum atomic E-state index is -0.119. The molecule has 2 aromatic heterocycles. The maximum absolute atomic E-state index is 13.7. The van der Waals surface area contributed by atoms with E-state index in [0.717, 1.165) is 52.8 Å². The van der Waals surface area contributed by atoms with Crippen LogP contribution in [0.2, 0.25) is 0 Å². The first-order valence-corrected chi connectivity index (χ1v) is 13.5. The Morgan fingerprint density at radius 1 is 1.11 bits per heavy atom.